The Morgan fingerprint density at radius 1 is 1.22 bits per heavy atom. The predicted molar refractivity (Wildman–Crippen MR) is 140 cm³/mol. The Hall–Kier alpha value is -2.56. The molecule has 2 aromatic heterocycles. The number of amides is 1. The van der Waals surface area contributed by atoms with E-state index < -0.39 is 21.7 Å². The van der Waals surface area contributed by atoms with Gasteiger partial charge < -0.3 is 14.4 Å². The molecular weight excluding hydrogens is 541 g/mol. The fraction of sp³-hybridized carbons (Fsp3) is 0.240. The van der Waals surface area contributed by atoms with Gasteiger partial charge in [-0.25, -0.2) is 0 Å². The summed E-state index contributed by atoms with van der Waals surface area (Å²) in [7, 11) is 0. The first kappa shape index (κ1) is 25.1. The fourth-order valence-corrected chi connectivity index (χ4v) is 6.01. The summed E-state index contributed by atoms with van der Waals surface area (Å²) in [5.41, 5.74) is 2.11. The average molecular weight is 561 g/mol. The third-order valence-corrected chi connectivity index (χ3v) is 8.55. The monoisotopic (exact) mass is 560 g/mol. The summed E-state index contributed by atoms with van der Waals surface area (Å²) >= 11 is 12.6. The van der Waals surface area contributed by atoms with Crippen LogP contribution >= 0.6 is 34.5 Å². The number of hydrogen-bond donors (Lipinski definition) is 1. The molecule has 2 atom stereocenters. The maximum atomic E-state index is 12.6. The fourth-order valence-electron chi connectivity index (χ4n) is 4.14. The van der Waals surface area contributed by atoms with Gasteiger partial charge in [0.25, 0.3) is 5.89 Å². The minimum absolute atomic E-state index is 0.115. The SMILES string of the molecule is CC(c1ccc(CC(=O)Nc2cc(Cl)c(C3(c4noc(-c5cccs5)n4)CC3)c(Cl)c2)cc1)S(=O)[O-]. The van der Waals surface area contributed by atoms with Crippen molar-refractivity contribution in [2.75, 3.05) is 5.32 Å². The molecule has 0 saturated heterocycles. The first-order valence-electron chi connectivity index (χ1n) is 11.1. The Labute approximate surface area is 224 Å². The van der Waals surface area contributed by atoms with Gasteiger partial charge in [-0.1, -0.05) is 58.7 Å². The molecule has 0 spiro atoms. The molecule has 0 radical (unpaired) electrons. The van der Waals surface area contributed by atoms with Gasteiger partial charge in [0.15, 0.2) is 5.82 Å². The van der Waals surface area contributed by atoms with Gasteiger partial charge in [-0.15, -0.1) is 11.3 Å². The van der Waals surface area contributed by atoms with E-state index in [0.29, 0.717) is 33.0 Å². The predicted octanol–water partition coefficient (Wildman–Crippen LogP) is 6.31. The van der Waals surface area contributed by atoms with Gasteiger partial charge in [0.1, 0.15) is 0 Å². The lowest BCUT2D eigenvalue weighted by Gasteiger charge is -2.17. The van der Waals surface area contributed by atoms with Gasteiger partial charge in [0.05, 0.1) is 16.7 Å². The smallest absolute Gasteiger partial charge is 0.268 e. The highest BCUT2D eigenvalue weighted by Gasteiger charge is 2.52. The molecule has 7 nitrogen and oxygen atoms in total. The minimum Gasteiger partial charge on any atom is -0.772 e. The largest absolute Gasteiger partial charge is 0.772 e. The highest BCUT2D eigenvalue weighted by molar-refractivity contribution is 7.79. The van der Waals surface area contributed by atoms with Crippen molar-refractivity contribution in [1.82, 2.24) is 10.1 Å². The molecule has 1 aliphatic rings. The highest BCUT2D eigenvalue weighted by Crippen LogP contribution is 2.57. The summed E-state index contributed by atoms with van der Waals surface area (Å²) in [6.07, 6.45) is 1.69. The van der Waals surface area contributed by atoms with E-state index in [1.54, 1.807) is 43.3 Å². The Bertz CT molecular complexity index is 1410. The normalized spacial score (nSPS) is 15.9. The molecule has 1 amide bonds. The third kappa shape index (κ3) is 4.99. The lowest BCUT2D eigenvalue weighted by atomic mass is 9.94. The van der Waals surface area contributed by atoms with Gasteiger partial charge in [-0.05, 0) is 65.6 Å². The van der Waals surface area contributed by atoms with E-state index >= 15 is 0 Å². The molecule has 4 aromatic rings. The topological polar surface area (TPSA) is 108 Å². The van der Waals surface area contributed by atoms with Crippen molar-refractivity contribution in [2.45, 2.75) is 36.9 Å². The van der Waals surface area contributed by atoms with E-state index in [1.807, 2.05) is 17.5 Å². The molecule has 1 fully saturated rings. The quantitative estimate of drug-likeness (QED) is 0.253. The second kappa shape index (κ2) is 10.1. The number of carbonyl (C=O) groups excluding carboxylic acids is 1. The Morgan fingerprint density at radius 2 is 1.92 bits per heavy atom. The summed E-state index contributed by atoms with van der Waals surface area (Å²) < 4.78 is 27.8. The van der Waals surface area contributed by atoms with Gasteiger partial charge >= 0.3 is 0 Å². The van der Waals surface area contributed by atoms with Gasteiger partial charge in [-0.2, -0.15) is 4.98 Å². The molecule has 2 heterocycles. The molecule has 1 N–H and O–H groups in total. The minimum atomic E-state index is -2.20. The number of nitrogens with one attached hydrogen (secondary N) is 1. The molecule has 1 saturated carbocycles. The van der Waals surface area contributed by atoms with Crippen LogP contribution in [0.4, 0.5) is 5.69 Å². The maximum Gasteiger partial charge on any atom is 0.268 e. The van der Waals surface area contributed by atoms with Crippen LogP contribution in [-0.2, 0) is 27.7 Å². The van der Waals surface area contributed by atoms with Crippen molar-refractivity contribution in [3.8, 4) is 10.8 Å². The highest BCUT2D eigenvalue weighted by atomic mass is 35.5. The summed E-state index contributed by atoms with van der Waals surface area (Å²) in [5, 5.41) is 9.21. The standard InChI is InChI=1S/C25H21Cl2N3O4S2/c1-14(36(32)33)16-6-4-15(5-7-16)11-21(31)28-17-12-18(26)22(19(27)13-17)25(8-9-25)24-29-23(34-30-24)20-3-2-10-35-20/h2-7,10,12-14H,8-9,11H2,1H3,(H,28,31)(H,32,33)/p-1. The van der Waals surface area contributed by atoms with Crippen molar-refractivity contribution in [3.05, 3.63) is 86.5 Å². The molecule has 1 aliphatic carbocycles. The van der Waals surface area contributed by atoms with E-state index in [-0.39, 0.29) is 12.3 Å². The summed E-state index contributed by atoms with van der Waals surface area (Å²) in [6.45, 7) is 1.61. The van der Waals surface area contributed by atoms with E-state index in [9.17, 15) is 13.6 Å². The average Bonchev–Trinajstić information content (AvgIpc) is 3.23. The number of rotatable bonds is 8. The lowest BCUT2D eigenvalue weighted by Crippen LogP contribution is -2.16. The first-order valence-corrected chi connectivity index (χ1v) is 13.9. The van der Waals surface area contributed by atoms with Crippen molar-refractivity contribution >= 4 is 57.2 Å². The van der Waals surface area contributed by atoms with E-state index in [1.165, 1.54) is 11.3 Å². The Kier molecular flexibility index (Phi) is 7.02. The zero-order valence-corrected chi connectivity index (χ0v) is 22.1. The number of benzene rings is 2. The lowest BCUT2D eigenvalue weighted by molar-refractivity contribution is -0.115. The molecule has 186 valence electrons. The van der Waals surface area contributed by atoms with Crippen molar-refractivity contribution < 1.29 is 18.1 Å². The van der Waals surface area contributed by atoms with Crippen LogP contribution in [0, 0.1) is 0 Å². The van der Waals surface area contributed by atoms with Gasteiger partial charge in [0, 0.05) is 26.5 Å². The zero-order chi connectivity index (χ0) is 25.4. The van der Waals surface area contributed by atoms with E-state index in [2.05, 4.69) is 15.5 Å². The van der Waals surface area contributed by atoms with Crippen molar-refractivity contribution in [2.24, 2.45) is 0 Å². The number of halogens is 2. The second-order valence-corrected chi connectivity index (χ2v) is 11.7. The number of hydrogen-bond acceptors (Lipinski definition) is 7. The molecule has 2 unspecified atom stereocenters. The van der Waals surface area contributed by atoms with Crippen molar-refractivity contribution in [3.63, 3.8) is 0 Å². The second-order valence-electron chi connectivity index (χ2n) is 8.67. The third-order valence-electron chi connectivity index (χ3n) is 6.24. The van der Waals surface area contributed by atoms with Crippen LogP contribution in [-0.4, -0.2) is 24.8 Å². The molecule has 11 heteroatoms. The van der Waals surface area contributed by atoms with Crippen LogP contribution in [0.3, 0.4) is 0 Å². The van der Waals surface area contributed by atoms with E-state index in [0.717, 1.165) is 28.8 Å². The summed E-state index contributed by atoms with van der Waals surface area (Å²) in [5.74, 6) is 0.763. The van der Waals surface area contributed by atoms with Crippen LogP contribution < -0.4 is 5.32 Å². The maximum absolute atomic E-state index is 12.6. The number of nitrogens with zero attached hydrogens (tertiary/aromatic N) is 2. The number of thiophene rings is 1. The van der Waals surface area contributed by atoms with Crippen LogP contribution in [0.1, 0.15) is 47.5 Å². The Morgan fingerprint density at radius 3 is 2.50 bits per heavy atom. The van der Waals surface area contributed by atoms with Gasteiger partial charge in [-0.3, -0.25) is 9.00 Å². The molecule has 2 aromatic carbocycles. The van der Waals surface area contributed by atoms with Crippen molar-refractivity contribution in [1.29, 1.82) is 0 Å². The van der Waals surface area contributed by atoms with Crippen LogP contribution in [0.5, 0.6) is 0 Å². The molecule has 0 bridgehead atoms. The first-order chi connectivity index (χ1) is 17.3. The number of aromatic nitrogens is 2. The molecular formula is C25H20Cl2N3O4S2-. The zero-order valence-electron chi connectivity index (χ0n) is 19.0. The van der Waals surface area contributed by atoms with Crippen LogP contribution in [0.15, 0.2) is 58.4 Å². The number of carbonyl (C=O) groups is 1. The van der Waals surface area contributed by atoms with E-state index in [4.69, 9.17) is 27.7 Å². The van der Waals surface area contributed by atoms with Crippen LogP contribution in [0.2, 0.25) is 10.0 Å². The summed E-state index contributed by atoms with van der Waals surface area (Å²) in [6, 6.07) is 14.1. The molecule has 36 heavy (non-hydrogen) atoms. The molecule has 5 rings (SSSR count). The molecule has 0 aliphatic heterocycles. The Balaban J connectivity index is 1.30. The summed E-state index contributed by atoms with van der Waals surface area (Å²) in [4.78, 5) is 18.1. The van der Waals surface area contributed by atoms with Gasteiger partial charge in [0.2, 0.25) is 5.91 Å². The van der Waals surface area contributed by atoms with Crippen LogP contribution in [0.25, 0.3) is 10.8 Å². The number of anilines is 1.